The molecule has 1 N–H and O–H groups in total. The highest BCUT2D eigenvalue weighted by molar-refractivity contribution is 14.1. The molecule has 21 heavy (non-hydrogen) atoms. The Kier molecular flexibility index (Phi) is 3.97. The van der Waals surface area contributed by atoms with Crippen LogP contribution in [0.2, 0.25) is 0 Å². The average molecular weight is 415 g/mol. The summed E-state index contributed by atoms with van der Waals surface area (Å²) in [5.41, 5.74) is -0.0400. The van der Waals surface area contributed by atoms with Crippen molar-refractivity contribution in [3.05, 3.63) is 51.5 Å². The zero-order valence-electron chi connectivity index (χ0n) is 10.3. The van der Waals surface area contributed by atoms with Crippen LogP contribution in [0.5, 0.6) is 0 Å². The number of anilines is 1. The molecule has 1 amide bonds. The molecule has 3 aromatic rings. The predicted molar refractivity (Wildman–Crippen MR) is 84.7 cm³/mol. The molecule has 0 unspecified atom stereocenters. The van der Waals surface area contributed by atoms with E-state index in [2.05, 4.69) is 14.7 Å². The normalized spacial score (nSPS) is 10.6. The van der Waals surface area contributed by atoms with E-state index in [4.69, 9.17) is 4.42 Å². The molecule has 0 aliphatic rings. The minimum absolute atomic E-state index is 0.0400. The van der Waals surface area contributed by atoms with E-state index >= 15 is 0 Å². The van der Waals surface area contributed by atoms with E-state index in [1.165, 1.54) is 18.2 Å². The number of halogens is 2. The van der Waals surface area contributed by atoms with Crippen molar-refractivity contribution in [2.45, 2.75) is 0 Å². The molecule has 0 atom stereocenters. The zero-order chi connectivity index (χ0) is 14.8. The van der Waals surface area contributed by atoms with E-state index in [-0.39, 0.29) is 10.7 Å². The molecule has 3 rings (SSSR count). The van der Waals surface area contributed by atoms with Gasteiger partial charge in [-0.2, -0.15) is 9.36 Å². The predicted octanol–water partition coefficient (Wildman–Crippen LogP) is 3.79. The van der Waals surface area contributed by atoms with Crippen molar-refractivity contribution < 1.29 is 13.6 Å². The molecule has 0 fully saturated rings. The number of benzene rings is 1. The summed E-state index contributed by atoms with van der Waals surface area (Å²) in [6, 6.07) is 9.27. The minimum Gasteiger partial charge on any atom is -0.447 e. The fraction of sp³-hybridized carbons (Fsp3) is 0. The second-order valence-corrected chi connectivity index (χ2v) is 5.78. The molecule has 0 bridgehead atoms. The molecule has 0 saturated heterocycles. The number of aromatic nitrogens is 2. The Bertz CT molecular complexity index is 802. The lowest BCUT2D eigenvalue weighted by atomic mass is 10.2. The fourth-order valence-electron chi connectivity index (χ4n) is 1.62. The van der Waals surface area contributed by atoms with Crippen LogP contribution in [0.25, 0.3) is 11.6 Å². The molecule has 0 spiro atoms. The third-order valence-electron chi connectivity index (χ3n) is 2.56. The molecule has 0 aliphatic heterocycles. The Balaban J connectivity index is 1.79. The topological polar surface area (TPSA) is 68.0 Å². The molecule has 0 radical (unpaired) electrons. The number of amides is 1. The highest BCUT2D eigenvalue weighted by Gasteiger charge is 2.15. The van der Waals surface area contributed by atoms with Gasteiger partial charge >= 0.3 is 0 Å². The van der Waals surface area contributed by atoms with Crippen LogP contribution >= 0.6 is 34.1 Å². The Morgan fingerprint density at radius 2 is 2.10 bits per heavy atom. The van der Waals surface area contributed by atoms with Crippen molar-refractivity contribution in [1.29, 1.82) is 0 Å². The Hall–Kier alpha value is -1.81. The molecule has 2 aromatic heterocycles. The van der Waals surface area contributed by atoms with Crippen LogP contribution in [0, 0.1) is 9.58 Å². The van der Waals surface area contributed by atoms with E-state index in [0.29, 0.717) is 15.4 Å². The average Bonchev–Trinajstić information content (AvgIpc) is 3.08. The van der Waals surface area contributed by atoms with Gasteiger partial charge in [0, 0.05) is 11.5 Å². The number of furan rings is 1. The maximum Gasteiger partial charge on any atom is 0.260 e. The summed E-state index contributed by atoms with van der Waals surface area (Å²) in [5, 5.41) is 2.80. The maximum atomic E-state index is 13.5. The molecule has 5 nitrogen and oxygen atoms in total. The van der Waals surface area contributed by atoms with E-state index in [1.54, 1.807) is 18.2 Å². The van der Waals surface area contributed by atoms with Crippen LogP contribution in [0.3, 0.4) is 0 Å². The number of carbonyl (C=O) groups excluding carboxylic acids is 1. The Morgan fingerprint density at radius 1 is 1.29 bits per heavy atom. The SMILES string of the molecule is O=C(Nc1nc(-c2ccc(I)o2)ns1)c1ccccc1F. The third kappa shape index (κ3) is 3.10. The van der Waals surface area contributed by atoms with Crippen LogP contribution in [0.4, 0.5) is 9.52 Å². The number of hydrogen-bond donors (Lipinski definition) is 1. The number of nitrogens with zero attached hydrogens (tertiary/aromatic N) is 2. The first-order chi connectivity index (χ1) is 10.1. The van der Waals surface area contributed by atoms with Crippen molar-refractivity contribution in [3.8, 4) is 11.6 Å². The minimum atomic E-state index is -0.583. The van der Waals surface area contributed by atoms with Gasteiger partial charge in [0.25, 0.3) is 5.91 Å². The largest absolute Gasteiger partial charge is 0.447 e. The quantitative estimate of drug-likeness (QED) is 0.661. The smallest absolute Gasteiger partial charge is 0.260 e. The highest BCUT2D eigenvalue weighted by atomic mass is 127. The van der Waals surface area contributed by atoms with Gasteiger partial charge in [0.1, 0.15) is 5.82 Å². The Labute approximate surface area is 136 Å². The molecule has 0 saturated carbocycles. The maximum absolute atomic E-state index is 13.5. The number of hydrogen-bond acceptors (Lipinski definition) is 5. The lowest BCUT2D eigenvalue weighted by Crippen LogP contribution is -2.13. The van der Waals surface area contributed by atoms with E-state index in [9.17, 15) is 9.18 Å². The summed E-state index contributed by atoms with van der Waals surface area (Å²) in [5.74, 6) is -0.251. The molecule has 1 aromatic carbocycles. The first kappa shape index (κ1) is 14.1. The summed E-state index contributed by atoms with van der Waals surface area (Å²) in [6.07, 6.45) is 0. The fourth-order valence-corrected chi connectivity index (χ4v) is 2.61. The van der Waals surface area contributed by atoms with E-state index in [1.807, 2.05) is 22.6 Å². The zero-order valence-corrected chi connectivity index (χ0v) is 13.3. The number of nitrogens with one attached hydrogen (secondary N) is 1. The molecule has 0 aliphatic carbocycles. The van der Waals surface area contributed by atoms with Crippen molar-refractivity contribution in [3.63, 3.8) is 0 Å². The van der Waals surface area contributed by atoms with Gasteiger partial charge in [-0.25, -0.2) is 4.39 Å². The second kappa shape index (κ2) is 5.90. The van der Waals surface area contributed by atoms with Crippen LogP contribution in [-0.4, -0.2) is 15.3 Å². The molecular weight excluding hydrogens is 408 g/mol. The summed E-state index contributed by atoms with van der Waals surface area (Å²) < 4.78 is 23.7. The van der Waals surface area contributed by atoms with Gasteiger partial charge in [0.2, 0.25) is 11.0 Å². The van der Waals surface area contributed by atoms with E-state index < -0.39 is 11.7 Å². The first-order valence-corrected chi connectivity index (χ1v) is 7.64. The molecule has 8 heteroatoms. The van der Waals surface area contributed by atoms with Crippen molar-refractivity contribution in [1.82, 2.24) is 9.36 Å². The van der Waals surface area contributed by atoms with Crippen molar-refractivity contribution in [2.24, 2.45) is 0 Å². The van der Waals surface area contributed by atoms with Gasteiger partial charge < -0.3 is 4.42 Å². The lowest BCUT2D eigenvalue weighted by Gasteiger charge is -2.01. The van der Waals surface area contributed by atoms with E-state index in [0.717, 1.165) is 11.5 Å². The number of carbonyl (C=O) groups is 1. The highest BCUT2D eigenvalue weighted by Crippen LogP contribution is 2.24. The van der Waals surface area contributed by atoms with Crippen LogP contribution in [0.15, 0.2) is 40.8 Å². The third-order valence-corrected chi connectivity index (χ3v) is 3.77. The van der Waals surface area contributed by atoms with Crippen molar-refractivity contribution in [2.75, 3.05) is 5.32 Å². The molecule has 106 valence electrons. The number of rotatable bonds is 3. The first-order valence-electron chi connectivity index (χ1n) is 5.79. The van der Waals surface area contributed by atoms with Gasteiger partial charge in [0.05, 0.1) is 5.56 Å². The van der Waals surface area contributed by atoms with Gasteiger partial charge in [-0.15, -0.1) is 0 Å². The summed E-state index contributed by atoms with van der Waals surface area (Å²) in [4.78, 5) is 16.1. The van der Waals surface area contributed by atoms with Gasteiger partial charge in [-0.3, -0.25) is 10.1 Å². The van der Waals surface area contributed by atoms with Gasteiger partial charge in [-0.1, -0.05) is 12.1 Å². The summed E-state index contributed by atoms with van der Waals surface area (Å²) in [7, 11) is 0. The summed E-state index contributed by atoms with van der Waals surface area (Å²) >= 11 is 3.04. The monoisotopic (exact) mass is 415 g/mol. The standard InChI is InChI=1S/C13H7FIN3O2S/c14-8-4-2-1-3-7(8)12(19)17-13-16-11(18-21-13)9-5-6-10(15)20-9/h1-6H,(H,16,17,18,19). The lowest BCUT2D eigenvalue weighted by molar-refractivity contribution is 0.102. The summed E-state index contributed by atoms with van der Waals surface area (Å²) in [6.45, 7) is 0. The van der Waals surface area contributed by atoms with Gasteiger partial charge in [-0.05, 0) is 46.9 Å². The second-order valence-electron chi connectivity index (χ2n) is 3.96. The van der Waals surface area contributed by atoms with Gasteiger partial charge in [0.15, 0.2) is 9.53 Å². The van der Waals surface area contributed by atoms with Crippen LogP contribution in [-0.2, 0) is 0 Å². The molecule has 2 heterocycles. The van der Waals surface area contributed by atoms with Crippen LogP contribution < -0.4 is 5.32 Å². The molecular formula is C13H7FIN3O2S. The van der Waals surface area contributed by atoms with Crippen LogP contribution in [0.1, 0.15) is 10.4 Å². The van der Waals surface area contributed by atoms with Crippen molar-refractivity contribution >= 4 is 45.2 Å². The Morgan fingerprint density at radius 3 is 2.81 bits per heavy atom.